The second-order valence-electron chi connectivity index (χ2n) is 12.7. The van der Waals surface area contributed by atoms with E-state index in [0.717, 1.165) is 0 Å². The van der Waals surface area contributed by atoms with Crippen molar-refractivity contribution in [1.29, 1.82) is 0 Å². The van der Waals surface area contributed by atoms with Gasteiger partial charge < -0.3 is 33.9 Å². The lowest BCUT2D eigenvalue weighted by atomic mass is 9.51. The van der Waals surface area contributed by atoms with Gasteiger partial charge in [0.05, 0.1) is 16.7 Å². The lowest BCUT2D eigenvalue weighted by Gasteiger charge is -2.48. The summed E-state index contributed by atoms with van der Waals surface area (Å²) in [6.45, 7) is 6.75. The Labute approximate surface area is 223 Å². The molecule has 1 aromatic carbocycles. The van der Waals surface area contributed by atoms with Crippen LogP contribution in [0.4, 0.5) is 0 Å². The minimum absolute atomic E-state index is 0.210. The van der Waals surface area contributed by atoms with Crippen LogP contribution in [0.15, 0.2) is 30.3 Å². The van der Waals surface area contributed by atoms with Gasteiger partial charge in [0.2, 0.25) is 11.9 Å². The minimum Gasteiger partial charge on any atom is -0.459 e. The maximum Gasteiger partial charge on any atom is 0.343 e. The number of ketones is 1. The molecule has 4 heterocycles. The number of benzene rings is 1. The molecule has 0 unspecified atom stereocenters. The number of aliphatic hydroxyl groups is 2. The molecule has 39 heavy (non-hydrogen) atoms. The van der Waals surface area contributed by atoms with E-state index in [1.807, 2.05) is 20.8 Å². The van der Waals surface area contributed by atoms with Gasteiger partial charge >= 0.3 is 17.9 Å². The average molecular weight is 543 g/mol. The highest BCUT2D eigenvalue weighted by Gasteiger charge is 3.04. The first-order valence-electron chi connectivity index (χ1n) is 13.2. The van der Waals surface area contributed by atoms with Gasteiger partial charge in [0.1, 0.15) is 18.8 Å². The Morgan fingerprint density at radius 2 is 1.77 bits per heavy atom. The smallest absolute Gasteiger partial charge is 0.343 e. The van der Waals surface area contributed by atoms with Crippen molar-refractivity contribution in [3.63, 3.8) is 0 Å². The summed E-state index contributed by atoms with van der Waals surface area (Å²) in [6, 6.07) is 8.44. The molecule has 7 rings (SSSR count). The second kappa shape index (κ2) is 7.25. The van der Waals surface area contributed by atoms with Gasteiger partial charge in [0, 0.05) is 5.56 Å². The van der Waals surface area contributed by atoms with Crippen LogP contribution >= 0.6 is 0 Å². The summed E-state index contributed by atoms with van der Waals surface area (Å²) >= 11 is 0. The maximum atomic E-state index is 13.8. The van der Waals surface area contributed by atoms with Crippen LogP contribution in [0.25, 0.3) is 0 Å². The van der Waals surface area contributed by atoms with E-state index in [0.29, 0.717) is 5.56 Å². The van der Waals surface area contributed by atoms with Gasteiger partial charge in [0.25, 0.3) is 0 Å². The SMILES string of the molecule is C[C@@H]1C(=O)O[C@H]2[C@@H](O)[C@@]34[C@H]5C[C@@H](C(C)(C)C)[C@]36[C@@H](OC(=O)[C@@H]6OCC(=O)c3ccccc3)O[C@@]4(C(=O)O5)[C@@]12O. The van der Waals surface area contributed by atoms with Crippen molar-refractivity contribution in [3.8, 4) is 0 Å². The molecule has 2 spiro atoms. The van der Waals surface area contributed by atoms with E-state index in [1.54, 1.807) is 30.3 Å². The molecule has 0 radical (unpaired) electrons. The highest BCUT2D eigenvalue weighted by molar-refractivity contribution is 5.97. The minimum atomic E-state index is -2.30. The normalized spacial score (nSPS) is 48.8. The third kappa shape index (κ3) is 2.35. The van der Waals surface area contributed by atoms with Crippen molar-refractivity contribution in [2.24, 2.45) is 28.1 Å². The zero-order chi connectivity index (χ0) is 27.9. The quantitative estimate of drug-likeness (QED) is 0.311. The zero-order valence-electron chi connectivity index (χ0n) is 21.9. The summed E-state index contributed by atoms with van der Waals surface area (Å²) in [5, 5.41) is 24.3. The van der Waals surface area contributed by atoms with Crippen molar-refractivity contribution in [1.82, 2.24) is 0 Å². The van der Waals surface area contributed by atoms with Crippen molar-refractivity contribution < 1.29 is 53.1 Å². The molecule has 4 saturated heterocycles. The fraction of sp³-hybridized carbons (Fsp3) is 0.643. The van der Waals surface area contributed by atoms with Crippen LogP contribution < -0.4 is 0 Å². The van der Waals surface area contributed by atoms with Crippen molar-refractivity contribution in [2.45, 2.75) is 76.0 Å². The second-order valence-corrected chi connectivity index (χ2v) is 12.7. The Morgan fingerprint density at radius 3 is 2.44 bits per heavy atom. The summed E-state index contributed by atoms with van der Waals surface area (Å²) in [5.74, 6) is -4.67. The molecular weight excluding hydrogens is 512 g/mol. The van der Waals surface area contributed by atoms with Gasteiger partial charge in [-0.1, -0.05) is 51.1 Å². The molecule has 6 fully saturated rings. The molecule has 11 heteroatoms. The summed E-state index contributed by atoms with van der Waals surface area (Å²) in [5.41, 5.74) is -8.06. The van der Waals surface area contributed by atoms with Crippen LogP contribution in [0.2, 0.25) is 0 Å². The summed E-state index contributed by atoms with van der Waals surface area (Å²) in [7, 11) is 0. The van der Waals surface area contributed by atoms with E-state index in [1.165, 1.54) is 6.92 Å². The standard InChI is InChI=1S/C28H30O11/c1-12-20(31)37-18-17(30)26-16-10-15(24(2,3)4)25(26)19(35-11-14(29)13-8-6-5-7-9-13)21(32)38-23(25)39-28(26,22(33)36-16)27(12,18)34/h5-9,12,15-19,23,30,34H,10-11H2,1-4H3/t12-,15+,16-,17-,18+,19+,23+,25+,26+,27-,28-/m1/s1. The fourth-order valence-electron chi connectivity index (χ4n) is 9.16. The Morgan fingerprint density at radius 1 is 1.08 bits per heavy atom. The first-order valence-corrected chi connectivity index (χ1v) is 13.2. The molecule has 2 aliphatic carbocycles. The highest BCUT2D eigenvalue weighted by Crippen LogP contribution is 2.84. The number of hydrogen-bond donors (Lipinski definition) is 2. The largest absolute Gasteiger partial charge is 0.459 e. The predicted molar refractivity (Wildman–Crippen MR) is 127 cm³/mol. The van der Waals surface area contributed by atoms with E-state index in [9.17, 15) is 29.4 Å². The molecular formula is C28H30O11. The highest BCUT2D eigenvalue weighted by atomic mass is 16.8. The van der Waals surface area contributed by atoms with Crippen LogP contribution in [-0.2, 0) is 38.1 Å². The van der Waals surface area contributed by atoms with Crippen LogP contribution in [-0.4, -0.2) is 82.4 Å². The van der Waals surface area contributed by atoms with Crippen LogP contribution in [0.3, 0.4) is 0 Å². The van der Waals surface area contributed by atoms with Crippen LogP contribution in [0.1, 0.15) is 44.5 Å². The summed E-state index contributed by atoms with van der Waals surface area (Å²) < 4.78 is 29.6. The third-order valence-electron chi connectivity index (χ3n) is 10.4. The van der Waals surface area contributed by atoms with Gasteiger partial charge in [-0.3, -0.25) is 9.59 Å². The Balaban J connectivity index is 1.43. The van der Waals surface area contributed by atoms with E-state index in [4.69, 9.17) is 23.7 Å². The van der Waals surface area contributed by atoms with Gasteiger partial charge in [-0.05, 0) is 24.7 Å². The van der Waals surface area contributed by atoms with E-state index in [2.05, 4.69) is 0 Å². The van der Waals surface area contributed by atoms with Gasteiger partial charge in [-0.25, -0.2) is 9.59 Å². The molecule has 4 aliphatic heterocycles. The monoisotopic (exact) mass is 542 g/mol. The van der Waals surface area contributed by atoms with Crippen LogP contribution in [0, 0.1) is 28.1 Å². The average Bonchev–Trinajstić information content (AvgIpc) is 3.60. The molecule has 2 N–H and O–H groups in total. The number of carbonyl (C=O) groups excluding carboxylic acids is 4. The number of esters is 3. The van der Waals surface area contributed by atoms with Crippen molar-refractivity contribution in [3.05, 3.63) is 35.9 Å². The molecule has 0 bridgehead atoms. The number of fused-ring (bicyclic) bond motifs is 1. The Kier molecular flexibility index (Phi) is 4.67. The molecule has 1 aromatic rings. The molecule has 208 valence electrons. The number of aliphatic hydroxyl groups excluding tert-OH is 1. The third-order valence-corrected chi connectivity index (χ3v) is 10.4. The lowest BCUT2D eigenvalue weighted by Crippen LogP contribution is -2.67. The van der Waals surface area contributed by atoms with E-state index in [-0.39, 0.29) is 12.2 Å². The van der Waals surface area contributed by atoms with E-state index < -0.39 is 94.5 Å². The molecule has 0 amide bonds. The Hall–Kier alpha value is -2.86. The summed E-state index contributed by atoms with van der Waals surface area (Å²) in [4.78, 5) is 52.9. The van der Waals surface area contributed by atoms with Gasteiger partial charge in [-0.15, -0.1) is 0 Å². The zero-order valence-corrected chi connectivity index (χ0v) is 21.9. The topological polar surface area (TPSA) is 155 Å². The van der Waals surface area contributed by atoms with E-state index >= 15 is 0 Å². The lowest BCUT2D eigenvalue weighted by molar-refractivity contribution is -0.239. The number of hydrogen-bond acceptors (Lipinski definition) is 11. The van der Waals surface area contributed by atoms with Crippen LogP contribution in [0.5, 0.6) is 0 Å². The molecule has 11 atom stereocenters. The van der Waals surface area contributed by atoms with Crippen molar-refractivity contribution in [2.75, 3.05) is 6.61 Å². The first kappa shape index (κ1) is 25.1. The molecule has 11 nitrogen and oxygen atoms in total. The molecule has 6 aliphatic rings. The Bertz CT molecular complexity index is 1320. The molecule has 0 aromatic heterocycles. The van der Waals surface area contributed by atoms with Gasteiger partial charge in [-0.2, -0.15) is 0 Å². The summed E-state index contributed by atoms with van der Waals surface area (Å²) in [6.07, 6.45) is -6.80. The number of carbonyl (C=O) groups is 4. The fourth-order valence-corrected chi connectivity index (χ4v) is 9.16. The first-order chi connectivity index (χ1) is 18.3. The maximum absolute atomic E-state index is 13.8. The molecule has 2 saturated carbocycles. The van der Waals surface area contributed by atoms with Gasteiger partial charge in [0.15, 0.2) is 23.6 Å². The predicted octanol–water partition coefficient (Wildman–Crippen LogP) is 0.538. The van der Waals surface area contributed by atoms with Crippen molar-refractivity contribution >= 4 is 23.7 Å². The number of ether oxygens (including phenoxy) is 5. The number of rotatable bonds is 4. The number of Topliss-reactive ketones (excluding diaryl/α,β-unsaturated/α-hetero) is 1.